The van der Waals surface area contributed by atoms with Crippen LogP contribution in [0.4, 0.5) is 10.5 Å². The number of amides is 4. The number of ether oxygens (including phenoxy) is 1. The van der Waals surface area contributed by atoms with Crippen molar-refractivity contribution in [2.24, 2.45) is 0 Å². The minimum absolute atomic E-state index is 0.0204. The van der Waals surface area contributed by atoms with E-state index >= 15 is 0 Å². The predicted molar refractivity (Wildman–Crippen MR) is 84.8 cm³/mol. The molecule has 2 rings (SSSR count). The van der Waals surface area contributed by atoms with Crippen LogP contribution in [0.15, 0.2) is 24.3 Å². The molecule has 0 spiro atoms. The van der Waals surface area contributed by atoms with Gasteiger partial charge in [0.15, 0.2) is 0 Å². The Kier molecular flexibility index (Phi) is 6.10. The van der Waals surface area contributed by atoms with Crippen molar-refractivity contribution in [3.8, 4) is 0 Å². The Morgan fingerprint density at radius 2 is 1.96 bits per heavy atom. The van der Waals surface area contributed by atoms with Crippen LogP contribution < -0.4 is 16.0 Å². The average molecular weight is 319 g/mol. The molecule has 1 aliphatic rings. The van der Waals surface area contributed by atoms with Crippen molar-refractivity contribution >= 4 is 23.5 Å². The van der Waals surface area contributed by atoms with Crippen molar-refractivity contribution in [3.05, 3.63) is 29.8 Å². The van der Waals surface area contributed by atoms with E-state index in [1.54, 1.807) is 24.3 Å². The summed E-state index contributed by atoms with van der Waals surface area (Å²) in [6.45, 7) is 2.71. The molecule has 0 bridgehead atoms. The maximum absolute atomic E-state index is 11.7. The number of nitrogens with one attached hydrogen (secondary N) is 3. The number of hydrogen-bond donors (Lipinski definition) is 3. The second-order valence-electron chi connectivity index (χ2n) is 5.33. The summed E-state index contributed by atoms with van der Waals surface area (Å²) >= 11 is 0. The third-order valence-electron chi connectivity index (χ3n) is 3.43. The maximum Gasteiger partial charge on any atom is 0.322 e. The quantitative estimate of drug-likeness (QED) is 0.502. The summed E-state index contributed by atoms with van der Waals surface area (Å²) in [7, 11) is 0. The van der Waals surface area contributed by atoms with Crippen LogP contribution in [0.2, 0.25) is 0 Å². The Balaban J connectivity index is 1.79. The first kappa shape index (κ1) is 17.0. The van der Waals surface area contributed by atoms with E-state index in [1.165, 1.54) is 0 Å². The molecule has 0 aromatic heterocycles. The molecule has 1 fully saturated rings. The number of imide groups is 1. The van der Waals surface area contributed by atoms with E-state index in [2.05, 4.69) is 22.9 Å². The summed E-state index contributed by atoms with van der Waals surface area (Å²) in [6.07, 6.45) is 3.16. The average Bonchev–Trinajstić information content (AvgIpc) is 2.86. The molecule has 1 aromatic rings. The van der Waals surface area contributed by atoms with E-state index in [0.29, 0.717) is 17.9 Å². The van der Waals surface area contributed by atoms with Crippen LogP contribution >= 0.6 is 0 Å². The number of anilines is 1. The molecule has 3 N–H and O–H groups in total. The van der Waals surface area contributed by atoms with Crippen molar-refractivity contribution < 1.29 is 19.1 Å². The molecule has 124 valence electrons. The van der Waals surface area contributed by atoms with Crippen LogP contribution in [-0.4, -0.2) is 31.1 Å². The van der Waals surface area contributed by atoms with Crippen molar-refractivity contribution in [2.45, 2.75) is 32.2 Å². The van der Waals surface area contributed by atoms with Crippen molar-refractivity contribution in [1.82, 2.24) is 10.6 Å². The van der Waals surface area contributed by atoms with Gasteiger partial charge in [-0.1, -0.05) is 31.9 Å². The summed E-state index contributed by atoms with van der Waals surface area (Å²) in [4.78, 5) is 34.4. The van der Waals surface area contributed by atoms with Crippen molar-refractivity contribution in [2.75, 3.05) is 18.5 Å². The minimum Gasteiger partial charge on any atom is -0.372 e. The first-order valence-electron chi connectivity index (χ1n) is 7.69. The highest BCUT2D eigenvalue weighted by Crippen LogP contribution is 2.19. The molecule has 1 unspecified atom stereocenters. The van der Waals surface area contributed by atoms with E-state index in [-0.39, 0.29) is 18.4 Å². The fourth-order valence-corrected chi connectivity index (χ4v) is 2.23. The number of hydrogen-bond acceptors (Lipinski definition) is 4. The second kappa shape index (κ2) is 8.28. The lowest BCUT2D eigenvalue weighted by molar-refractivity contribution is -0.121. The number of carbonyl (C=O) groups excluding carboxylic acids is 3. The first-order chi connectivity index (χ1) is 11.1. The van der Waals surface area contributed by atoms with Crippen LogP contribution in [-0.2, 0) is 14.3 Å². The molecule has 1 aromatic carbocycles. The SMILES string of the molecule is CCCCCOCC(=O)Nc1ccc(C2NC(=O)NC2=O)cc1. The summed E-state index contributed by atoms with van der Waals surface area (Å²) in [5, 5.41) is 7.41. The fourth-order valence-electron chi connectivity index (χ4n) is 2.23. The monoisotopic (exact) mass is 319 g/mol. The van der Waals surface area contributed by atoms with Crippen molar-refractivity contribution in [3.63, 3.8) is 0 Å². The molecule has 1 atom stereocenters. The number of benzene rings is 1. The van der Waals surface area contributed by atoms with Crippen molar-refractivity contribution in [1.29, 1.82) is 0 Å². The summed E-state index contributed by atoms with van der Waals surface area (Å²) in [6, 6.07) is 5.55. The topological polar surface area (TPSA) is 96.5 Å². The molecule has 4 amide bonds. The maximum atomic E-state index is 11.7. The molecule has 0 saturated carbocycles. The third-order valence-corrected chi connectivity index (χ3v) is 3.43. The number of urea groups is 1. The lowest BCUT2D eigenvalue weighted by Gasteiger charge is -2.10. The Morgan fingerprint density at radius 1 is 1.22 bits per heavy atom. The van der Waals surface area contributed by atoms with Gasteiger partial charge >= 0.3 is 6.03 Å². The van der Waals surface area contributed by atoms with Gasteiger partial charge in [-0.05, 0) is 24.1 Å². The molecule has 7 nitrogen and oxygen atoms in total. The number of unbranched alkanes of at least 4 members (excludes halogenated alkanes) is 2. The van der Waals surface area contributed by atoms with Gasteiger partial charge in [0.2, 0.25) is 5.91 Å². The molecular formula is C16H21N3O4. The zero-order valence-corrected chi connectivity index (χ0v) is 13.1. The smallest absolute Gasteiger partial charge is 0.322 e. The van der Waals surface area contributed by atoms with Gasteiger partial charge in [-0.3, -0.25) is 14.9 Å². The van der Waals surface area contributed by atoms with Gasteiger partial charge in [0.1, 0.15) is 12.6 Å². The summed E-state index contributed by atoms with van der Waals surface area (Å²) in [5.74, 6) is -0.603. The Labute approximate surface area is 134 Å². The zero-order chi connectivity index (χ0) is 16.7. The molecule has 23 heavy (non-hydrogen) atoms. The van der Waals surface area contributed by atoms with Gasteiger partial charge in [0.05, 0.1) is 0 Å². The predicted octanol–water partition coefficient (Wildman–Crippen LogP) is 1.71. The highest BCUT2D eigenvalue weighted by atomic mass is 16.5. The Hall–Kier alpha value is -2.41. The van der Waals surface area contributed by atoms with Gasteiger partial charge in [-0.25, -0.2) is 4.79 Å². The largest absolute Gasteiger partial charge is 0.372 e. The minimum atomic E-state index is -0.686. The molecular weight excluding hydrogens is 298 g/mol. The molecule has 7 heteroatoms. The van der Waals surface area contributed by atoms with Crippen LogP contribution in [0.25, 0.3) is 0 Å². The van der Waals surface area contributed by atoms with E-state index in [9.17, 15) is 14.4 Å². The normalized spacial score (nSPS) is 16.8. The highest BCUT2D eigenvalue weighted by Gasteiger charge is 2.30. The van der Waals surface area contributed by atoms with Gasteiger partial charge in [0, 0.05) is 12.3 Å². The zero-order valence-electron chi connectivity index (χ0n) is 13.1. The lowest BCUT2D eigenvalue weighted by Crippen LogP contribution is -2.22. The number of rotatable bonds is 8. The van der Waals surface area contributed by atoms with Gasteiger partial charge in [-0.15, -0.1) is 0 Å². The van der Waals surface area contributed by atoms with E-state index in [1.807, 2.05) is 0 Å². The molecule has 0 aliphatic carbocycles. The van der Waals surface area contributed by atoms with Crippen LogP contribution in [0.5, 0.6) is 0 Å². The standard InChI is InChI=1S/C16H21N3O4/c1-2-3-4-9-23-10-13(20)17-12-7-5-11(6-8-12)14-15(21)19-16(22)18-14/h5-8,14H,2-4,9-10H2,1H3,(H,17,20)(H2,18,19,21,22). The molecule has 1 saturated heterocycles. The Bertz CT molecular complexity index is 571. The van der Waals surface area contributed by atoms with E-state index < -0.39 is 12.1 Å². The fraction of sp³-hybridized carbons (Fsp3) is 0.438. The van der Waals surface area contributed by atoms with Crippen LogP contribution in [0.1, 0.15) is 37.8 Å². The van der Waals surface area contributed by atoms with Crippen LogP contribution in [0.3, 0.4) is 0 Å². The summed E-state index contributed by atoms with van der Waals surface area (Å²) in [5.41, 5.74) is 1.27. The Morgan fingerprint density at radius 3 is 2.57 bits per heavy atom. The van der Waals surface area contributed by atoms with Gasteiger partial charge in [-0.2, -0.15) is 0 Å². The number of carbonyl (C=O) groups is 3. The second-order valence-corrected chi connectivity index (χ2v) is 5.33. The first-order valence-corrected chi connectivity index (χ1v) is 7.69. The highest BCUT2D eigenvalue weighted by molar-refractivity contribution is 6.04. The van der Waals surface area contributed by atoms with E-state index in [4.69, 9.17) is 4.74 Å². The van der Waals surface area contributed by atoms with Gasteiger partial charge < -0.3 is 15.4 Å². The van der Waals surface area contributed by atoms with E-state index in [0.717, 1.165) is 19.3 Å². The van der Waals surface area contributed by atoms with Gasteiger partial charge in [0.25, 0.3) is 5.91 Å². The lowest BCUT2D eigenvalue weighted by atomic mass is 10.1. The molecule has 0 radical (unpaired) electrons. The molecule has 1 heterocycles. The third kappa shape index (κ3) is 5.07. The summed E-state index contributed by atoms with van der Waals surface area (Å²) < 4.78 is 5.29. The van der Waals surface area contributed by atoms with Crippen LogP contribution in [0, 0.1) is 0 Å². The molecule has 1 aliphatic heterocycles.